The van der Waals surface area contributed by atoms with Gasteiger partial charge in [-0.05, 0) is 37.6 Å². The minimum absolute atomic E-state index is 0.276. The summed E-state index contributed by atoms with van der Waals surface area (Å²) in [6.45, 7) is 4.94. The summed E-state index contributed by atoms with van der Waals surface area (Å²) in [6, 6.07) is 14.3. The lowest BCUT2D eigenvalue weighted by Crippen LogP contribution is -2.16. The molecule has 0 unspecified atom stereocenters. The number of hydrogen-bond donors (Lipinski definition) is 2. The van der Waals surface area contributed by atoms with Gasteiger partial charge < -0.3 is 19.7 Å². The van der Waals surface area contributed by atoms with Crippen LogP contribution >= 0.6 is 0 Å². The van der Waals surface area contributed by atoms with Crippen LogP contribution in [0.25, 0.3) is 0 Å². The summed E-state index contributed by atoms with van der Waals surface area (Å²) in [5, 5.41) is 13.0. The highest BCUT2D eigenvalue weighted by atomic mass is 19.1. The Kier molecular flexibility index (Phi) is 6.34. The number of methoxy groups -OCH3 is 1. The molecule has 3 aromatic rings. The zero-order valence-electron chi connectivity index (χ0n) is 16.8. The van der Waals surface area contributed by atoms with Crippen LogP contribution in [0, 0.1) is 19.7 Å². The van der Waals surface area contributed by atoms with Gasteiger partial charge in [-0.15, -0.1) is 0 Å². The highest BCUT2D eigenvalue weighted by Gasteiger charge is 2.22. The van der Waals surface area contributed by atoms with Crippen molar-refractivity contribution in [3.05, 3.63) is 88.0 Å². The second kappa shape index (κ2) is 8.92. The fraction of sp³-hybridized carbons (Fsp3) is 0.261. The van der Waals surface area contributed by atoms with Crippen molar-refractivity contribution in [3.63, 3.8) is 0 Å². The Labute approximate surface area is 169 Å². The number of carboxylic acids is 1. The normalized spacial score (nSPS) is 10.9. The van der Waals surface area contributed by atoms with E-state index in [4.69, 9.17) is 4.74 Å². The standard InChI is InChI=1S/C23H25FN2O3/c1-15-20(13-25-12-18-8-4-5-10-21(18)24)22(23(27)28)16(2)26(15)14-17-7-6-9-19(11-17)29-3/h4-11,25H,12-14H2,1-3H3,(H,27,28). The van der Waals surface area contributed by atoms with Gasteiger partial charge in [0.2, 0.25) is 0 Å². The summed E-state index contributed by atoms with van der Waals surface area (Å²) in [5.74, 6) is -0.477. The summed E-state index contributed by atoms with van der Waals surface area (Å²) >= 11 is 0. The van der Waals surface area contributed by atoms with Gasteiger partial charge in [-0.25, -0.2) is 9.18 Å². The topological polar surface area (TPSA) is 63.5 Å². The van der Waals surface area contributed by atoms with Gasteiger partial charge in [0.1, 0.15) is 11.6 Å². The van der Waals surface area contributed by atoms with E-state index < -0.39 is 5.97 Å². The molecule has 152 valence electrons. The quantitative estimate of drug-likeness (QED) is 0.596. The Bertz CT molecular complexity index is 1030. The molecule has 1 heterocycles. The van der Waals surface area contributed by atoms with Crippen LogP contribution in [0.4, 0.5) is 4.39 Å². The third-order valence-electron chi connectivity index (χ3n) is 5.17. The van der Waals surface area contributed by atoms with Crippen molar-refractivity contribution in [2.24, 2.45) is 0 Å². The monoisotopic (exact) mass is 396 g/mol. The first-order chi connectivity index (χ1) is 13.9. The van der Waals surface area contributed by atoms with Crippen molar-refractivity contribution in [3.8, 4) is 5.75 Å². The lowest BCUT2D eigenvalue weighted by molar-refractivity contribution is 0.0694. The average Bonchev–Trinajstić information content (AvgIpc) is 2.94. The Balaban J connectivity index is 1.85. The summed E-state index contributed by atoms with van der Waals surface area (Å²) in [6.07, 6.45) is 0. The first kappa shape index (κ1) is 20.6. The smallest absolute Gasteiger partial charge is 0.337 e. The number of nitrogens with zero attached hydrogens (tertiary/aromatic N) is 1. The minimum Gasteiger partial charge on any atom is -0.497 e. The van der Waals surface area contributed by atoms with Crippen molar-refractivity contribution in [1.29, 1.82) is 0 Å². The second-order valence-electron chi connectivity index (χ2n) is 6.96. The molecule has 5 nitrogen and oxygen atoms in total. The molecule has 3 rings (SSSR count). The van der Waals surface area contributed by atoms with Crippen LogP contribution in [0.2, 0.25) is 0 Å². The molecule has 0 radical (unpaired) electrons. The maximum absolute atomic E-state index is 13.8. The Morgan fingerprint density at radius 3 is 2.55 bits per heavy atom. The lowest BCUT2D eigenvalue weighted by atomic mass is 10.1. The summed E-state index contributed by atoms with van der Waals surface area (Å²) < 4.78 is 21.1. The molecule has 0 fully saturated rings. The van der Waals surface area contributed by atoms with E-state index in [1.807, 2.05) is 42.7 Å². The molecule has 29 heavy (non-hydrogen) atoms. The molecule has 2 N–H and O–H groups in total. The highest BCUT2D eigenvalue weighted by molar-refractivity contribution is 5.91. The number of nitrogens with one attached hydrogen (secondary N) is 1. The summed E-state index contributed by atoms with van der Waals surface area (Å²) in [4.78, 5) is 11.9. The van der Waals surface area contributed by atoms with Crippen LogP contribution < -0.4 is 10.1 Å². The molecule has 0 saturated heterocycles. The molecular weight excluding hydrogens is 371 g/mol. The molecule has 0 spiro atoms. The zero-order chi connectivity index (χ0) is 21.0. The van der Waals surface area contributed by atoms with E-state index in [0.29, 0.717) is 42.0 Å². The van der Waals surface area contributed by atoms with Crippen molar-refractivity contribution in [2.75, 3.05) is 7.11 Å². The van der Waals surface area contributed by atoms with Gasteiger partial charge in [0.05, 0.1) is 12.7 Å². The van der Waals surface area contributed by atoms with E-state index in [-0.39, 0.29) is 5.82 Å². The SMILES string of the molecule is COc1cccc(Cn2c(C)c(CNCc3ccccc3F)c(C(=O)O)c2C)c1. The van der Waals surface area contributed by atoms with Gasteiger partial charge in [-0.2, -0.15) is 0 Å². The number of carbonyl (C=O) groups is 1. The molecular formula is C23H25FN2O3. The average molecular weight is 396 g/mol. The second-order valence-corrected chi connectivity index (χ2v) is 6.96. The largest absolute Gasteiger partial charge is 0.497 e. The molecule has 0 bridgehead atoms. The molecule has 0 atom stereocenters. The van der Waals surface area contributed by atoms with Crippen LogP contribution in [0.5, 0.6) is 5.75 Å². The Hall–Kier alpha value is -3.12. The van der Waals surface area contributed by atoms with Gasteiger partial charge >= 0.3 is 5.97 Å². The van der Waals surface area contributed by atoms with E-state index in [9.17, 15) is 14.3 Å². The van der Waals surface area contributed by atoms with E-state index in [1.54, 1.807) is 25.3 Å². The molecule has 0 saturated carbocycles. The predicted molar refractivity (Wildman–Crippen MR) is 110 cm³/mol. The van der Waals surface area contributed by atoms with Crippen LogP contribution in [-0.2, 0) is 19.6 Å². The Morgan fingerprint density at radius 2 is 1.86 bits per heavy atom. The molecule has 0 aliphatic heterocycles. The fourth-order valence-corrected chi connectivity index (χ4v) is 3.60. The maximum Gasteiger partial charge on any atom is 0.337 e. The van der Waals surface area contributed by atoms with Crippen molar-refractivity contribution >= 4 is 5.97 Å². The van der Waals surface area contributed by atoms with Crippen LogP contribution in [0.1, 0.15) is 38.4 Å². The van der Waals surface area contributed by atoms with Gasteiger partial charge in [-0.1, -0.05) is 30.3 Å². The van der Waals surface area contributed by atoms with Crippen molar-refractivity contribution in [1.82, 2.24) is 9.88 Å². The van der Waals surface area contributed by atoms with Crippen LogP contribution in [-0.4, -0.2) is 22.8 Å². The number of benzene rings is 2. The number of carboxylic acid groups (broad SMARTS) is 1. The van der Waals surface area contributed by atoms with Crippen molar-refractivity contribution < 1.29 is 19.0 Å². The molecule has 0 aliphatic rings. The zero-order valence-corrected chi connectivity index (χ0v) is 16.8. The molecule has 2 aromatic carbocycles. The molecule has 0 amide bonds. The number of aromatic nitrogens is 1. The fourth-order valence-electron chi connectivity index (χ4n) is 3.60. The number of halogens is 1. The first-order valence-corrected chi connectivity index (χ1v) is 9.41. The molecule has 6 heteroatoms. The summed E-state index contributed by atoms with van der Waals surface area (Å²) in [7, 11) is 1.62. The third kappa shape index (κ3) is 4.49. The van der Waals surface area contributed by atoms with E-state index >= 15 is 0 Å². The van der Waals surface area contributed by atoms with Gasteiger partial charge in [0.25, 0.3) is 0 Å². The van der Waals surface area contributed by atoms with Crippen LogP contribution in [0.15, 0.2) is 48.5 Å². The van der Waals surface area contributed by atoms with E-state index in [2.05, 4.69) is 5.32 Å². The summed E-state index contributed by atoms with van der Waals surface area (Å²) in [5.41, 5.74) is 4.16. The lowest BCUT2D eigenvalue weighted by Gasteiger charge is -2.11. The van der Waals surface area contributed by atoms with Crippen LogP contribution in [0.3, 0.4) is 0 Å². The Morgan fingerprint density at radius 1 is 1.10 bits per heavy atom. The van der Waals surface area contributed by atoms with Gasteiger partial charge in [0, 0.05) is 42.1 Å². The van der Waals surface area contributed by atoms with Crippen molar-refractivity contribution in [2.45, 2.75) is 33.5 Å². The third-order valence-corrected chi connectivity index (χ3v) is 5.17. The number of hydrogen-bond acceptors (Lipinski definition) is 3. The number of rotatable bonds is 8. The van der Waals surface area contributed by atoms with E-state index in [1.165, 1.54) is 6.07 Å². The number of ether oxygens (including phenoxy) is 1. The highest BCUT2D eigenvalue weighted by Crippen LogP contribution is 2.25. The van der Waals surface area contributed by atoms with E-state index in [0.717, 1.165) is 17.0 Å². The van der Waals surface area contributed by atoms with Gasteiger partial charge in [-0.3, -0.25) is 0 Å². The number of aromatic carboxylic acids is 1. The predicted octanol–water partition coefficient (Wildman–Crippen LogP) is 4.29. The molecule has 0 aliphatic carbocycles. The first-order valence-electron chi connectivity index (χ1n) is 9.41. The maximum atomic E-state index is 13.8. The van der Waals surface area contributed by atoms with Gasteiger partial charge in [0.15, 0.2) is 0 Å². The minimum atomic E-state index is -0.960. The molecule has 1 aromatic heterocycles.